The highest BCUT2D eigenvalue weighted by atomic mass is 79.9. The highest BCUT2D eigenvalue weighted by Crippen LogP contribution is 2.24. The van der Waals surface area contributed by atoms with Crippen LogP contribution in [-0.4, -0.2) is 4.92 Å². The van der Waals surface area contributed by atoms with E-state index in [0.29, 0.717) is 17.9 Å². The van der Waals surface area contributed by atoms with Gasteiger partial charge in [0.2, 0.25) is 6.20 Å². The molecule has 0 unspecified atom stereocenters. The Hall–Kier alpha value is -2.14. The van der Waals surface area contributed by atoms with Crippen LogP contribution in [0.4, 0.5) is 0 Å². The van der Waals surface area contributed by atoms with E-state index in [1.165, 1.54) is 6.08 Å². The van der Waals surface area contributed by atoms with E-state index in [2.05, 4.69) is 15.9 Å². The molecule has 0 aromatic heterocycles. The lowest BCUT2D eigenvalue weighted by Gasteiger charge is -2.07. The van der Waals surface area contributed by atoms with Crippen molar-refractivity contribution in [2.75, 3.05) is 0 Å². The Morgan fingerprint density at radius 1 is 1.20 bits per heavy atom. The topological polar surface area (TPSA) is 52.4 Å². The Kier molecular flexibility index (Phi) is 4.90. The van der Waals surface area contributed by atoms with Gasteiger partial charge in [-0.3, -0.25) is 10.1 Å². The predicted octanol–water partition coefficient (Wildman–Crippen LogP) is 4.28. The number of hydrogen-bond donors (Lipinski definition) is 0. The van der Waals surface area contributed by atoms with Crippen molar-refractivity contribution in [2.24, 2.45) is 0 Å². The van der Waals surface area contributed by atoms with Gasteiger partial charge in [-0.05, 0) is 29.3 Å². The highest BCUT2D eigenvalue weighted by Gasteiger charge is 2.02. The number of ether oxygens (including phenoxy) is 1. The Labute approximate surface area is 125 Å². The maximum atomic E-state index is 10.4. The van der Waals surface area contributed by atoms with Crippen molar-refractivity contribution in [3.63, 3.8) is 0 Å². The number of nitrogens with zero attached hydrogens (tertiary/aromatic N) is 1. The SMILES string of the molecule is O=[N+]([O-])C=Cc1cc(OCc2ccccc2)ccc1Br. The number of rotatable bonds is 5. The van der Waals surface area contributed by atoms with Crippen molar-refractivity contribution < 1.29 is 9.66 Å². The molecule has 0 saturated carbocycles. The lowest BCUT2D eigenvalue weighted by molar-refractivity contribution is -0.400. The number of halogens is 1. The summed E-state index contributed by atoms with van der Waals surface area (Å²) in [5, 5.41) is 10.4. The first-order valence-electron chi connectivity index (χ1n) is 5.93. The molecule has 0 amide bonds. The molecule has 0 fully saturated rings. The first-order valence-corrected chi connectivity index (χ1v) is 6.72. The van der Waals surface area contributed by atoms with E-state index in [9.17, 15) is 10.1 Å². The Bertz CT molecular complexity index is 626. The first-order chi connectivity index (χ1) is 9.65. The Morgan fingerprint density at radius 3 is 2.65 bits per heavy atom. The minimum absolute atomic E-state index is 0.459. The molecule has 0 spiro atoms. The van der Waals surface area contributed by atoms with Gasteiger partial charge in [0.1, 0.15) is 12.4 Å². The zero-order valence-corrected chi connectivity index (χ0v) is 12.1. The van der Waals surface area contributed by atoms with Gasteiger partial charge in [0.25, 0.3) is 0 Å². The molecule has 0 aliphatic heterocycles. The fourth-order valence-electron chi connectivity index (χ4n) is 1.62. The summed E-state index contributed by atoms with van der Waals surface area (Å²) in [4.78, 5) is 9.86. The lowest BCUT2D eigenvalue weighted by atomic mass is 10.2. The summed E-state index contributed by atoms with van der Waals surface area (Å²) >= 11 is 3.35. The summed E-state index contributed by atoms with van der Waals surface area (Å²) in [6.07, 6.45) is 2.33. The van der Waals surface area contributed by atoms with E-state index in [1.807, 2.05) is 36.4 Å². The molecule has 2 aromatic carbocycles. The smallest absolute Gasteiger partial charge is 0.235 e. The van der Waals surface area contributed by atoms with Gasteiger partial charge < -0.3 is 4.74 Å². The maximum absolute atomic E-state index is 10.4. The molecule has 0 aliphatic carbocycles. The largest absolute Gasteiger partial charge is 0.489 e. The van der Waals surface area contributed by atoms with Crippen LogP contribution in [0.1, 0.15) is 11.1 Å². The molecule has 102 valence electrons. The van der Waals surface area contributed by atoms with Gasteiger partial charge in [0.15, 0.2) is 0 Å². The third-order valence-electron chi connectivity index (χ3n) is 2.59. The van der Waals surface area contributed by atoms with Crippen molar-refractivity contribution in [3.8, 4) is 5.75 Å². The zero-order valence-electron chi connectivity index (χ0n) is 10.5. The fraction of sp³-hybridized carbons (Fsp3) is 0.0667. The van der Waals surface area contributed by atoms with Gasteiger partial charge >= 0.3 is 0 Å². The second-order valence-electron chi connectivity index (χ2n) is 4.06. The molecule has 0 heterocycles. The Balaban J connectivity index is 2.09. The minimum Gasteiger partial charge on any atom is -0.489 e. The van der Waals surface area contributed by atoms with Crippen LogP contribution in [0.2, 0.25) is 0 Å². The van der Waals surface area contributed by atoms with Gasteiger partial charge in [-0.1, -0.05) is 46.3 Å². The Morgan fingerprint density at radius 2 is 1.95 bits per heavy atom. The van der Waals surface area contributed by atoms with Crippen molar-refractivity contribution in [2.45, 2.75) is 6.61 Å². The molecule has 0 saturated heterocycles. The molecule has 5 heteroatoms. The van der Waals surface area contributed by atoms with Crippen molar-refractivity contribution in [3.05, 3.63) is 80.4 Å². The summed E-state index contributed by atoms with van der Waals surface area (Å²) in [6.45, 7) is 0.459. The van der Waals surface area contributed by atoms with E-state index in [-0.39, 0.29) is 0 Å². The van der Waals surface area contributed by atoms with Crippen molar-refractivity contribution >= 4 is 22.0 Å². The monoisotopic (exact) mass is 333 g/mol. The van der Waals surface area contributed by atoms with Crippen LogP contribution >= 0.6 is 15.9 Å². The summed E-state index contributed by atoms with van der Waals surface area (Å²) in [7, 11) is 0. The van der Waals surface area contributed by atoms with Crippen LogP contribution in [0.3, 0.4) is 0 Å². The summed E-state index contributed by atoms with van der Waals surface area (Å²) < 4.78 is 6.45. The van der Waals surface area contributed by atoms with Crippen LogP contribution in [0.25, 0.3) is 6.08 Å². The molecule has 0 bridgehead atoms. The summed E-state index contributed by atoms with van der Waals surface area (Å²) in [6, 6.07) is 15.2. The minimum atomic E-state index is -0.496. The summed E-state index contributed by atoms with van der Waals surface area (Å²) in [5.74, 6) is 0.667. The highest BCUT2D eigenvalue weighted by molar-refractivity contribution is 9.10. The molecule has 4 nitrogen and oxygen atoms in total. The second-order valence-corrected chi connectivity index (χ2v) is 4.91. The quantitative estimate of drug-likeness (QED) is 0.606. The van der Waals surface area contributed by atoms with Crippen molar-refractivity contribution in [1.29, 1.82) is 0 Å². The van der Waals surface area contributed by atoms with Crippen molar-refractivity contribution in [1.82, 2.24) is 0 Å². The summed E-state index contributed by atoms with van der Waals surface area (Å²) in [5.41, 5.74) is 1.77. The van der Waals surface area contributed by atoms with E-state index in [0.717, 1.165) is 16.2 Å². The van der Waals surface area contributed by atoms with Gasteiger partial charge in [0.05, 0.1) is 4.92 Å². The molecule has 0 radical (unpaired) electrons. The molecule has 0 atom stereocenters. The molecule has 2 aromatic rings. The van der Waals surface area contributed by atoms with Gasteiger partial charge in [-0.15, -0.1) is 0 Å². The van der Waals surface area contributed by atoms with Crippen LogP contribution in [0, 0.1) is 10.1 Å². The zero-order chi connectivity index (χ0) is 14.4. The standard InChI is InChI=1S/C15H12BrNO3/c16-15-7-6-14(10-13(15)8-9-17(18)19)20-11-12-4-2-1-3-5-12/h1-10H,11H2. The van der Waals surface area contributed by atoms with Gasteiger partial charge in [-0.25, -0.2) is 0 Å². The predicted molar refractivity (Wildman–Crippen MR) is 80.9 cm³/mol. The molecular formula is C15H12BrNO3. The number of nitro groups is 1. The third-order valence-corrected chi connectivity index (χ3v) is 3.31. The first kappa shape index (κ1) is 14.3. The maximum Gasteiger partial charge on any atom is 0.235 e. The average Bonchev–Trinajstić information content (AvgIpc) is 2.46. The molecule has 2 rings (SSSR count). The number of benzene rings is 2. The van der Waals surface area contributed by atoms with Crippen LogP contribution in [-0.2, 0) is 6.61 Å². The number of hydrogen-bond acceptors (Lipinski definition) is 3. The van der Waals surface area contributed by atoms with Gasteiger partial charge in [-0.2, -0.15) is 0 Å². The normalized spacial score (nSPS) is 10.7. The van der Waals surface area contributed by atoms with E-state index in [1.54, 1.807) is 12.1 Å². The fourth-order valence-corrected chi connectivity index (χ4v) is 2.00. The van der Waals surface area contributed by atoms with E-state index < -0.39 is 4.92 Å². The lowest BCUT2D eigenvalue weighted by Crippen LogP contribution is -1.95. The molecule has 0 N–H and O–H groups in total. The van der Waals surface area contributed by atoms with E-state index >= 15 is 0 Å². The molecule has 0 aliphatic rings. The van der Waals surface area contributed by atoms with Crippen LogP contribution in [0.15, 0.2) is 59.2 Å². The second kappa shape index (κ2) is 6.86. The molecular weight excluding hydrogens is 322 g/mol. The van der Waals surface area contributed by atoms with Crippen LogP contribution in [0.5, 0.6) is 5.75 Å². The molecule has 20 heavy (non-hydrogen) atoms. The average molecular weight is 334 g/mol. The van der Waals surface area contributed by atoms with E-state index in [4.69, 9.17) is 4.74 Å². The third kappa shape index (κ3) is 4.20. The van der Waals surface area contributed by atoms with Crippen LogP contribution < -0.4 is 4.74 Å². The van der Waals surface area contributed by atoms with Gasteiger partial charge in [0, 0.05) is 10.5 Å².